The lowest BCUT2D eigenvalue weighted by Crippen LogP contribution is -1.84. The maximum Gasteiger partial charge on any atom is 0.105 e. The van der Waals surface area contributed by atoms with E-state index in [-0.39, 0.29) is 13.2 Å². The Hall–Kier alpha value is -0.220. The van der Waals surface area contributed by atoms with Crippen LogP contribution in [0.5, 0.6) is 0 Å². The molecule has 0 aromatic carbocycles. The molecule has 0 aromatic rings. The lowest BCUT2D eigenvalue weighted by Gasteiger charge is -1.98. The first kappa shape index (κ1) is 14.8. The zero-order chi connectivity index (χ0) is 11.5. The normalized spacial score (nSPS) is 13.1. The van der Waals surface area contributed by atoms with E-state index in [1.807, 2.05) is 0 Å². The summed E-state index contributed by atoms with van der Waals surface area (Å²) in [5.41, 5.74) is 0. The fourth-order valence-corrected chi connectivity index (χ4v) is 1.17. The Balaban J connectivity index is 3.72. The maximum absolute atomic E-state index is 8.54. The van der Waals surface area contributed by atoms with Gasteiger partial charge >= 0.3 is 0 Å². The second-order valence-electron chi connectivity index (χ2n) is 2.92. The molecule has 15 heavy (non-hydrogen) atoms. The molecule has 0 aliphatic carbocycles. The van der Waals surface area contributed by atoms with Crippen LogP contribution < -0.4 is 0 Å². The molecule has 2 N–H and O–H groups in total. The molecular weight excluding hydrogens is 239 g/mol. The fourth-order valence-electron chi connectivity index (χ4n) is 0.795. The zero-order valence-corrected chi connectivity index (χ0v) is 9.97. The Labute approximate surface area is 100.0 Å². The van der Waals surface area contributed by atoms with E-state index < -0.39 is 0 Å². The molecule has 0 unspecified atom stereocenters. The molecule has 0 saturated heterocycles. The molecule has 0 heterocycles. The van der Waals surface area contributed by atoms with Crippen LogP contribution >= 0.6 is 23.2 Å². The van der Waals surface area contributed by atoms with Crippen molar-refractivity contribution in [1.29, 1.82) is 0 Å². The summed E-state index contributed by atoms with van der Waals surface area (Å²) >= 11 is 11.5. The van der Waals surface area contributed by atoms with Gasteiger partial charge in [0.2, 0.25) is 0 Å². The highest BCUT2D eigenvalue weighted by Crippen LogP contribution is 2.13. The van der Waals surface area contributed by atoms with Gasteiger partial charge in [0.05, 0.1) is 10.1 Å². The largest absolute Gasteiger partial charge is 0.470 e. The number of rotatable bonds is 8. The minimum atomic E-state index is 0.108. The van der Waals surface area contributed by atoms with Gasteiger partial charge in [-0.15, -0.1) is 0 Å². The summed E-state index contributed by atoms with van der Waals surface area (Å²) < 4.78 is 5.00. The Kier molecular flexibility index (Phi) is 10.2. The van der Waals surface area contributed by atoms with Crippen LogP contribution in [0.3, 0.4) is 0 Å². The molecule has 0 aliphatic rings. The van der Waals surface area contributed by atoms with Crippen LogP contribution in [-0.4, -0.2) is 23.4 Å². The van der Waals surface area contributed by atoms with Gasteiger partial charge in [-0.05, 0) is 25.7 Å². The summed E-state index contributed by atoms with van der Waals surface area (Å²) in [5.74, 6) is 0. The number of aliphatic hydroxyl groups excluding tert-OH is 2. The van der Waals surface area contributed by atoms with Crippen LogP contribution in [0, 0.1) is 0 Å². The third-order valence-corrected chi connectivity index (χ3v) is 2.10. The molecule has 0 aliphatic heterocycles. The summed E-state index contributed by atoms with van der Waals surface area (Å²) in [7, 11) is 0. The Morgan fingerprint density at radius 2 is 1.33 bits per heavy atom. The van der Waals surface area contributed by atoms with Crippen molar-refractivity contribution in [3.63, 3.8) is 0 Å². The Bertz CT molecular complexity index is 193. The highest BCUT2D eigenvalue weighted by molar-refractivity contribution is 6.29. The summed E-state index contributed by atoms with van der Waals surface area (Å²) in [6, 6.07) is 0. The maximum atomic E-state index is 8.54. The molecule has 3 nitrogen and oxygen atoms in total. The zero-order valence-electron chi connectivity index (χ0n) is 8.46. The molecule has 0 atom stereocenters. The van der Waals surface area contributed by atoms with Gasteiger partial charge in [-0.2, -0.15) is 0 Å². The number of ether oxygens (including phenoxy) is 1. The third-order valence-electron chi connectivity index (χ3n) is 1.54. The molecule has 88 valence electrons. The molecule has 0 aromatic heterocycles. The van der Waals surface area contributed by atoms with Crippen molar-refractivity contribution in [2.45, 2.75) is 25.7 Å². The topological polar surface area (TPSA) is 49.7 Å². The average molecular weight is 255 g/mol. The lowest BCUT2D eigenvalue weighted by molar-refractivity contribution is 0.288. The van der Waals surface area contributed by atoms with Gasteiger partial charge < -0.3 is 14.9 Å². The summed E-state index contributed by atoms with van der Waals surface area (Å²) in [4.78, 5) is 0. The highest BCUT2D eigenvalue weighted by atomic mass is 35.5. The van der Waals surface area contributed by atoms with Gasteiger partial charge in [0, 0.05) is 13.2 Å². The minimum absolute atomic E-state index is 0.108. The van der Waals surface area contributed by atoms with E-state index in [1.54, 1.807) is 0 Å². The van der Waals surface area contributed by atoms with E-state index in [2.05, 4.69) is 0 Å². The van der Waals surface area contributed by atoms with Crippen LogP contribution in [0.4, 0.5) is 0 Å². The molecule has 0 fully saturated rings. The van der Waals surface area contributed by atoms with Gasteiger partial charge in [-0.25, -0.2) is 0 Å². The van der Waals surface area contributed by atoms with Gasteiger partial charge in [0.25, 0.3) is 0 Å². The van der Waals surface area contributed by atoms with Gasteiger partial charge in [0.1, 0.15) is 12.5 Å². The van der Waals surface area contributed by atoms with Crippen molar-refractivity contribution >= 4 is 23.2 Å². The summed E-state index contributed by atoms with van der Waals surface area (Å²) in [6.45, 7) is 0.217. The molecule has 5 heteroatoms. The van der Waals surface area contributed by atoms with E-state index in [0.717, 1.165) is 0 Å². The van der Waals surface area contributed by atoms with Crippen LogP contribution in [-0.2, 0) is 4.74 Å². The molecular formula is C10H16Cl2O3. The van der Waals surface area contributed by atoms with Gasteiger partial charge in [-0.3, -0.25) is 0 Å². The van der Waals surface area contributed by atoms with Gasteiger partial charge in [-0.1, -0.05) is 23.2 Å². The quantitative estimate of drug-likeness (QED) is 0.655. The van der Waals surface area contributed by atoms with E-state index in [9.17, 15) is 0 Å². The summed E-state index contributed by atoms with van der Waals surface area (Å²) in [6.07, 6.45) is 5.17. The second-order valence-corrected chi connectivity index (χ2v) is 3.89. The number of hydrogen-bond acceptors (Lipinski definition) is 3. The predicted octanol–water partition coefficient (Wildman–Crippen LogP) is 2.71. The third kappa shape index (κ3) is 10.1. The smallest absolute Gasteiger partial charge is 0.105 e. The Morgan fingerprint density at radius 1 is 0.933 bits per heavy atom. The fraction of sp³-hybridized carbons (Fsp3) is 0.600. The minimum Gasteiger partial charge on any atom is -0.470 e. The van der Waals surface area contributed by atoms with Crippen molar-refractivity contribution in [3.05, 3.63) is 22.6 Å². The molecule has 0 spiro atoms. The first-order valence-electron chi connectivity index (χ1n) is 4.77. The molecule has 0 saturated carbocycles. The predicted molar refractivity (Wildman–Crippen MR) is 61.6 cm³/mol. The van der Waals surface area contributed by atoms with Crippen molar-refractivity contribution in [3.8, 4) is 0 Å². The second kappa shape index (κ2) is 10.3. The SMILES string of the molecule is OCCCC(Cl)=COC=C(Cl)CCCO. The average Bonchev–Trinajstić information content (AvgIpc) is 2.23. The van der Waals surface area contributed by atoms with E-state index in [1.165, 1.54) is 12.5 Å². The van der Waals surface area contributed by atoms with Crippen LogP contribution in [0.2, 0.25) is 0 Å². The van der Waals surface area contributed by atoms with Gasteiger partial charge in [0.15, 0.2) is 0 Å². The number of allylic oxidation sites excluding steroid dienone is 2. The first-order valence-corrected chi connectivity index (χ1v) is 5.52. The van der Waals surface area contributed by atoms with Crippen LogP contribution in [0.15, 0.2) is 22.6 Å². The lowest BCUT2D eigenvalue weighted by atomic mass is 10.3. The van der Waals surface area contributed by atoms with Crippen molar-refractivity contribution in [2.24, 2.45) is 0 Å². The van der Waals surface area contributed by atoms with Crippen LogP contribution in [0.1, 0.15) is 25.7 Å². The molecule has 0 rings (SSSR count). The van der Waals surface area contributed by atoms with E-state index in [4.69, 9.17) is 38.2 Å². The van der Waals surface area contributed by atoms with Crippen molar-refractivity contribution < 1.29 is 14.9 Å². The first-order chi connectivity index (χ1) is 7.20. The van der Waals surface area contributed by atoms with E-state index >= 15 is 0 Å². The molecule has 0 amide bonds. The summed E-state index contributed by atoms with van der Waals surface area (Å²) in [5, 5.41) is 18.2. The number of aliphatic hydroxyl groups is 2. The molecule has 0 radical (unpaired) electrons. The standard InChI is InChI=1S/C10H16Cl2O3/c11-9(3-1-5-13)7-15-8-10(12)4-2-6-14/h7-8,13-14H,1-6H2. The van der Waals surface area contributed by atoms with Crippen LogP contribution in [0.25, 0.3) is 0 Å². The monoisotopic (exact) mass is 254 g/mol. The van der Waals surface area contributed by atoms with E-state index in [0.29, 0.717) is 35.7 Å². The van der Waals surface area contributed by atoms with Crippen molar-refractivity contribution in [1.82, 2.24) is 0 Å². The Morgan fingerprint density at radius 3 is 1.67 bits per heavy atom. The highest BCUT2D eigenvalue weighted by Gasteiger charge is 1.94. The molecule has 0 bridgehead atoms. The number of halogens is 2. The number of hydrogen-bond donors (Lipinski definition) is 2. The van der Waals surface area contributed by atoms with Crippen molar-refractivity contribution in [2.75, 3.05) is 13.2 Å².